The van der Waals surface area contributed by atoms with Crippen molar-refractivity contribution >= 4 is 27.3 Å². The van der Waals surface area contributed by atoms with Gasteiger partial charge in [0, 0.05) is 32.1 Å². The molecule has 0 fully saturated rings. The van der Waals surface area contributed by atoms with Crippen molar-refractivity contribution in [3.8, 4) is 0 Å². The van der Waals surface area contributed by atoms with E-state index in [1.807, 2.05) is 30.3 Å². The number of carbonyl (C=O) groups excluding carboxylic acids is 2. The van der Waals surface area contributed by atoms with E-state index in [2.05, 4.69) is 5.32 Å². The van der Waals surface area contributed by atoms with E-state index in [0.29, 0.717) is 25.9 Å². The van der Waals surface area contributed by atoms with Gasteiger partial charge in [-0.15, -0.1) is 0 Å². The maximum Gasteiger partial charge on any atom is 0.223 e. The van der Waals surface area contributed by atoms with E-state index in [9.17, 15) is 18.0 Å². The van der Waals surface area contributed by atoms with Crippen LogP contribution in [0, 0.1) is 0 Å². The highest BCUT2D eigenvalue weighted by atomic mass is 32.2. The Morgan fingerprint density at radius 3 is 2.55 bits per heavy atom. The Balaban J connectivity index is 1.60. The van der Waals surface area contributed by atoms with E-state index in [1.54, 1.807) is 24.0 Å². The molecule has 2 aromatic rings. The van der Waals surface area contributed by atoms with Gasteiger partial charge in [-0.2, -0.15) is 0 Å². The van der Waals surface area contributed by atoms with Crippen LogP contribution in [0.5, 0.6) is 0 Å². The molecular weight excluding hydrogens is 388 g/mol. The minimum atomic E-state index is -3.63. The summed E-state index contributed by atoms with van der Waals surface area (Å²) in [6.07, 6.45) is 1.24. The standard InChI is InChI=1S/C22H26N2O4S/c1-16(14-22(26)23-12-10-18-6-4-3-5-7-18)29(27,28)20-8-9-21-19(15-20)11-13-24(21)17(2)25/h3-9,15-16H,10-14H2,1-2H3,(H,23,26)/t16-/m1/s1. The number of hydrogen-bond acceptors (Lipinski definition) is 4. The molecule has 1 heterocycles. The zero-order valence-corrected chi connectivity index (χ0v) is 17.5. The van der Waals surface area contributed by atoms with Crippen molar-refractivity contribution in [2.24, 2.45) is 0 Å². The van der Waals surface area contributed by atoms with Crippen LogP contribution in [0.4, 0.5) is 5.69 Å². The number of rotatable bonds is 7. The number of carbonyl (C=O) groups is 2. The van der Waals surface area contributed by atoms with Gasteiger partial charge < -0.3 is 10.2 Å². The summed E-state index contributed by atoms with van der Waals surface area (Å²) in [6, 6.07) is 14.6. The van der Waals surface area contributed by atoms with Crippen molar-refractivity contribution in [1.29, 1.82) is 0 Å². The Bertz CT molecular complexity index is 1000. The number of benzene rings is 2. The van der Waals surface area contributed by atoms with Gasteiger partial charge in [0.25, 0.3) is 0 Å². The summed E-state index contributed by atoms with van der Waals surface area (Å²) in [5.74, 6) is -0.333. The highest BCUT2D eigenvalue weighted by Crippen LogP contribution is 2.31. The van der Waals surface area contributed by atoms with Gasteiger partial charge in [0.1, 0.15) is 0 Å². The number of fused-ring (bicyclic) bond motifs is 1. The normalized spacial score (nSPS) is 14.3. The van der Waals surface area contributed by atoms with Crippen molar-refractivity contribution in [3.05, 3.63) is 59.7 Å². The molecule has 0 aromatic heterocycles. The maximum atomic E-state index is 12.9. The summed E-state index contributed by atoms with van der Waals surface area (Å²) in [4.78, 5) is 25.7. The molecule has 0 aliphatic carbocycles. The van der Waals surface area contributed by atoms with E-state index < -0.39 is 15.1 Å². The molecule has 0 radical (unpaired) electrons. The molecule has 29 heavy (non-hydrogen) atoms. The first kappa shape index (κ1) is 21.0. The van der Waals surface area contributed by atoms with Crippen LogP contribution < -0.4 is 10.2 Å². The second-order valence-electron chi connectivity index (χ2n) is 7.36. The van der Waals surface area contributed by atoms with Crippen molar-refractivity contribution in [3.63, 3.8) is 0 Å². The van der Waals surface area contributed by atoms with Gasteiger partial charge >= 0.3 is 0 Å². The highest BCUT2D eigenvalue weighted by molar-refractivity contribution is 7.92. The topological polar surface area (TPSA) is 83.6 Å². The predicted octanol–water partition coefficient (Wildman–Crippen LogP) is 2.51. The fraction of sp³-hybridized carbons (Fsp3) is 0.364. The van der Waals surface area contributed by atoms with E-state index in [4.69, 9.17) is 0 Å². The van der Waals surface area contributed by atoms with Crippen LogP contribution >= 0.6 is 0 Å². The monoisotopic (exact) mass is 414 g/mol. The van der Waals surface area contributed by atoms with Gasteiger partial charge in [-0.1, -0.05) is 30.3 Å². The summed E-state index contributed by atoms with van der Waals surface area (Å²) in [5.41, 5.74) is 2.73. The van der Waals surface area contributed by atoms with Crippen LogP contribution in [-0.4, -0.2) is 38.6 Å². The van der Waals surface area contributed by atoms with Gasteiger partial charge in [0.05, 0.1) is 10.1 Å². The lowest BCUT2D eigenvalue weighted by Gasteiger charge is -2.16. The smallest absolute Gasteiger partial charge is 0.223 e. The Morgan fingerprint density at radius 2 is 1.86 bits per heavy atom. The molecule has 3 rings (SSSR count). The van der Waals surface area contributed by atoms with E-state index in [1.165, 1.54) is 13.0 Å². The van der Waals surface area contributed by atoms with Crippen molar-refractivity contribution < 1.29 is 18.0 Å². The summed E-state index contributed by atoms with van der Waals surface area (Å²) in [7, 11) is -3.63. The first-order valence-electron chi connectivity index (χ1n) is 9.74. The molecule has 0 spiro atoms. The number of sulfone groups is 1. The lowest BCUT2D eigenvalue weighted by atomic mass is 10.1. The van der Waals surface area contributed by atoms with E-state index >= 15 is 0 Å². The van der Waals surface area contributed by atoms with Crippen molar-refractivity contribution in [2.75, 3.05) is 18.0 Å². The number of hydrogen-bond donors (Lipinski definition) is 1. The minimum Gasteiger partial charge on any atom is -0.356 e. The number of nitrogens with zero attached hydrogens (tertiary/aromatic N) is 1. The highest BCUT2D eigenvalue weighted by Gasteiger charge is 2.29. The van der Waals surface area contributed by atoms with Crippen LogP contribution in [0.25, 0.3) is 0 Å². The molecule has 1 aliphatic heterocycles. The third-order valence-electron chi connectivity index (χ3n) is 5.24. The number of anilines is 1. The predicted molar refractivity (Wildman–Crippen MR) is 113 cm³/mol. The Morgan fingerprint density at radius 1 is 1.14 bits per heavy atom. The molecule has 154 valence electrons. The van der Waals surface area contributed by atoms with Crippen LogP contribution in [0.3, 0.4) is 0 Å². The quantitative estimate of drug-likeness (QED) is 0.755. The lowest BCUT2D eigenvalue weighted by Crippen LogP contribution is -2.31. The van der Waals surface area contributed by atoms with Gasteiger partial charge in [-0.05, 0) is 49.1 Å². The molecule has 0 saturated carbocycles. The molecule has 0 saturated heterocycles. The van der Waals surface area contributed by atoms with E-state index in [-0.39, 0.29) is 23.1 Å². The van der Waals surface area contributed by atoms with Crippen LogP contribution in [0.1, 0.15) is 31.4 Å². The van der Waals surface area contributed by atoms with Gasteiger partial charge in [0.2, 0.25) is 11.8 Å². The van der Waals surface area contributed by atoms with Crippen LogP contribution in [-0.2, 0) is 32.3 Å². The second kappa shape index (κ2) is 8.78. The minimum absolute atomic E-state index is 0.0556. The Kier molecular flexibility index (Phi) is 6.37. The average molecular weight is 415 g/mol. The zero-order valence-electron chi connectivity index (χ0n) is 16.7. The third-order valence-corrected chi connectivity index (χ3v) is 7.37. The lowest BCUT2D eigenvalue weighted by molar-refractivity contribution is -0.121. The molecule has 0 unspecified atom stereocenters. The molecule has 1 atom stereocenters. The average Bonchev–Trinajstić information content (AvgIpc) is 3.12. The summed E-state index contributed by atoms with van der Waals surface area (Å²) < 4.78 is 25.8. The number of amides is 2. The molecule has 1 aliphatic rings. The van der Waals surface area contributed by atoms with Crippen molar-refractivity contribution in [2.45, 2.75) is 43.3 Å². The Hall–Kier alpha value is -2.67. The Labute approximate surface area is 171 Å². The largest absolute Gasteiger partial charge is 0.356 e. The molecule has 2 aromatic carbocycles. The van der Waals surface area contributed by atoms with E-state index in [0.717, 1.165) is 16.8 Å². The summed E-state index contributed by atoms with van der Waals surface area (Å²) in [6.45, 7) is 4.09. The van der Waals surface area contributed by atoms with Gasteiger partial charge in [-0.25, -0.2) is 8.42 Å². The SMILES string of the molecule is CC(=O)N1CCc2cc(S(=O)(=O)[C@H](C)CC(=O)NCCc3ccccc3)ccc21. The molecule has 6 nitrogen and oxygen atoms in total. The van der Waals surface area contributed by atoms with Gasteiger partial charge in [0.15, 0.2) is 9.84 Å². The van der Waals surface area contributed by atoms with Gasteiger partial charge in [-0.3, -0.25) is 9.59 Å². The molecule has 1 N–H and O–H groups in total. The van der Waals surface area contributed by atoms with Crippen LogP contribution in [0.15, 0.2) is 53.4 Å². The second-order valence-corrected chi connectivity index (χ2v) is 9.72. The number of nitrogens with one attached hydrogen (secondary N) is 1. The zero-order chi connectivity index (χ0) is 21.0. The molecule has 2 amide bonds. The fourth-order valence-electron chi connectivity index (χ4n) is 3.55. The fourth-order valence-corrected chi connectivity index (χ4v) is 4.95. The molecular formula is C22H26N2O4S. The first-order chi connectivity index (χ1) is 13.8. The summed E-state index contributed by atoms with van der Waals surface area (Å²) >= 11 is 0. The summed E-state index contributed by atoms with van der Waals surface area (Å²) in [5, 5.41) is 1.97. The maximum absolute atomic E-state index is 12.9. The molecule has 0 bridgehead atoms. The third kappa shape index (κ3) is 4.85. The molecule has 7 heteroatoms. The van der Waals surface area contributed by atoms with Crippen LogP contribution in [0.2, 0.25) is 0 Å². The first-order valence-corrected chi connectivity index (χ1v) is 11.3. The van der Waals surface area contributed by atoms with Crippen molar-refractivity contribution in [1.82, 2.24) is 5.32 Å².